The monoisotopic (exact) mass is 448 g/mol. The molecule has 8 heteroatoms. The van der Waals surface area contributed by atoms with E-state index in [0.717, 1.165) is 31.9 Å². The molecule has 6 nitrogen and oxygen atoms in total. The van der Waals surface area contributed by atoms with Crippen molar-refractivity contribution in [1.82, 2.24) is 14.8 Å². The first-order valence-electron chi connectivity index (χ1n) is 10.4. The van der Waals surface area contributed by atoms with Crippen molar-refractivity contribution in [1.29, 1.82) is 0 Å². The number of hydrogen-bond acceptors (Lipinski definition) is 5. The summed E-state index contributed by atoms with van der Waals surface area (Å²) in [4.78, 5) is 9.18. The molecule has 2 aromatic rings. The van der Waals surface area contributed by atoms with Crippen LogP contribution in [-0.4, -0.2) is 58.0 Å². The maximum absolute atomic E-state index is 9.87. The predicted octanol–water partition coefficient (Wildman–Crippen LogP) is 5.19. The molecular weight excluding hydrogens is 423 g/mol. The molecule has 4 rings (SSSR count). The number of rotatable bonds is 4. The minimum Gasteiger partial charge on any atom is -0.437 e. The molecule has 1 aromatic carbocycles. The lowest BCUT2D eigenvalue weighted by molar-refractivity contribution is 0.131. The van der Waals surface area contributed by atoms with Crippen LogP contribution in [0.3, 0.4) is 0 Å². The Morgan fingerprint density at radius 2 is 1.83 bits per heavy atom. The van der Waals surface area contributed by atoms with Gasteiger partial charge in [-0.2, -0.15) is 0 Å². The first kappa shape index (κ1) is 21.2. The lowest BCUT2D eigenvalue weighted by atomic mass is 10.1. The van der Waals surface area contributed by atoms with Crippen molar-refractivity contribution in [2.24, 2.45) is 5.16 Å². The quantitative estimate of drug-likeness (QED) is 0.302. The van der Waals surface area contributed by atoms with Crippen molar-refractivity contribution in [3.63, 3.8) is 0 Å². The first-order valence-corrected chi connectivity index (χ1v) is 11.1. The van der Waals surface area contributed by atoms with Gasteiger partial charge in [0.25, 0.3) is 0 Å². The number of oxime groups is 1. The summed E-state index contributed by atoms with van der Waals surface area (Å²) in [5.74, 6) is 1.21. The minimum absolute atomic E-state index is 0.338. The van der Waals surface area contributed by atoms with E-state index in [1.54, 1.807) is 18.2 Å². The summed E-state index contributed by atoms with van der Waals surface area (Å²) < 4.78 is 6.02. The minimum atomic E-state index is 0.338. The molecule has 30 heavy (non-hydrogen) atoms. The van der Waals surface area contributed by atoms with E-state index in [1.165, 1.54) is 25.7 Å². The summed E-state index contributed by atoms with van der Waals surface area (Å²) in [5.41, 5.74) is 1.41. The van der Waals surface area contributed by atoms with E-state index in [1.807, 2.05) is 19.1 Å². The van der Waals surface area contributed by atoms with E-state index in [9.17, 15) is 5.21 Å². The number of piperazine rings is 1. The van der Waals surface area contributed by atoms with Gasteiger partial charge in [0.05, 0.1) is 10.6 Å². The van der Waals surface area contributed by atoms with Gasteiger partial charge in [0.2, 0.25) is 5.88 Å². The number of halogens is 2. The fourth-order valence-electron chi connectivity index (χ4n) is 4.30. The number of nitrogens with zero attached hydrogens (tertiary/aromatic N) is 4. The Morgan fingerprint density at radius 1 is 1.10 bits per heavy atom. The third-order valence-electron chi connectivity index (χ3n) is 5.89. The third kappa shape index (κ3) is 4.66. The molecule has 1 N–H and O–H groups in total. The van der Waals surface area contributed by atoms with Crippen molar-refractivity contribution >= 4 is 29.0 Å². The molecular formula is C22H26Cl2N4O2. The van der Waals surface area contributed by atoms with Crippen LogP contribution in [0.4, 0.5) is 0 Å². The van der Waals surface area contributed by atoms with Crippen molar-refractivity contribution in [2.75, 3.05) is 26.2 Å². The highest BCUT2D eigenvalue weighted by atomic mass is 35.5. The number of hydrogen-bond donors (Lipinski definition) is 1. The second kappa shape index (κ2) is 9.41. The number of aromatic nitrogens is 1. The number of amidine groups is 1. The van der Waals surface area contributed by atoms with Crippen LogP contribution in [0.25, 0.3) is 0 Å². The Bertz CT molecular complexity index is 923. The Morgan fingerprint density at radius 3 is 2.53 bits per heavy atom. The van der Waals surface area contributed by atoms with Gasteiger partial charge < -0.3 is 14.8 Å². The van der Waals surface area contributed by atoms with Gasteiger partial charge in [0, 0.05) is 49.0 Å². The van der Waals surface area contributed by atoms with Crippen molar-refractivity contribution in [3.8, 4) is 11.6 Å². The lowest BCUT2D eigenvalue weighted by Gasteiger charge is -2.39. The standard InChI is InChI=1S/C22H26Cl2N4O2/c1-15-6-8-18(22(25-15)30-20-14-16(23)7-9-19(20)24)21(26-29)28-12-10-27(11-13-28)17-4-2-3-5-17/h6-9,14,17,29H,2-5,10-13H2,1H3/b26-21-. The Hall–Kier alpha value is -2.02. The summed E-state index contributed by atoms with van der Waals surface area (Å²) in [5, 5.41) is 14.4. The molecule has 0 unspecified atom stereocenters. The van der Waals surface area contributed by atoms with Crippen LogP contribution >= 0.6 is 23.2 Å². The summed E-state index contributed by atoms with van der Waals surface area (Å²) >= 11 is 12.4. The topological polar surface area (TPSA) is 61.2 Å². The van der Waals surface area contributed by atoms with E-state index >= 15 is 0 Å². The molecule has 2 aliphatic rings. The molecule has 1 aliphatic carbocycles. The molecule has 1 saturated heterocycles. The van der Waals surface area contributed by atoms with Gasteiger partial charge in [-0.05, 0) is 44.0 Å². The molecule has 0 bridgehead atoms. The smallest absolute Gasteiger partial charge is 0.230 e. The average Bonchev–Trinajstić information content (AvgIpc) is 3.28. The fraction of sp³-hybridized carbons (Fsp3) is 0.455. The number of ether oxygens (including phenoxy) is 1. The van der Waals surface area contributed by atoms with Crippen molar-refractivity contribution < 1.29 is 9.94 Å². The molecule has 0 amide bonds. The van der Waals surface area contributed by atoms with Crippen LogP contribution in [0.15, 0.2) is 35.5 Å². The van der Waals surface area contributed by atoms with E-state index in [-0.39, 0.29) is 0 Å². The zero-order chi connectivity index (χ0) is 21.1. The van der Waals surface area contributed by atoms with Crippen LogP contribution in [0.2, 0.25) is 10.0 Å². The summed E-state index contributed by atoms with van der Waals surface area (Å²) in [6, 6.07) is 9.47. The maximum atomic E-state index is 9.87. The zero-order valence-corrected chi connectivity index (χ0v) is 18.5. The third-order valence-corrected chi connectivity index (χ3v) is 6.44. The highest BCUT2D eigenvalue weighted by molar-refractivity contribution is 6.34. The molecule has 0 atom stereocenters. The second-order valence-corrected chi connectivity index (χ2v) is 8.71. The van der Waals surface area contributed by atoms with E-state index < -0.39 is 0 Å². The molecule has 2 fully saturated rings. The van der Waals surface area contributed by atoms with Crippen LogP contribution in [0.1, 0.15) is 36.9 Å². The molecule has 1 aliphatic heterocycles. The molecule has 0 spiro atoms. The van der Waals surface area contributed by atoms with Crippen LogP contribution in [0.5, 0.6) is 11.6 Å². The first-order chi connectivity index (χ1) is 14.5. The highest BCUT2D eigenvalue weighted by Crippen LogP contribution is 2.33. The Labute approximate surface area is 187 Å². The Balaban J connectivity index is 1.55. The number of pyridine rings is 1. The lowest BCUT2D eigenvalue weighted by Crippen LogP contribution is -2.51. The molecule has 160 valence electrons. The Kier molecular flexibility index (Phi) is 6.66. The van der Waals surface area contributed by atoms with Gasteiger partial charge in [-0.15, -0.1) is 0 Å². The molecule has 1 saturated carbocycles. The summed E-state index contributed by atoms with van der Waals surface area (Å²) in [6.07, 6.45) is 5.24. The SMILES string of the molecule is Cc1ccc(/C(=N/O)N2CCN(C3CCCC3)CC2)c(Oc2cc(Cl)ccc2Cl)n1. The van der Waals surface area contributed by atoms with Gasteiger partial charge in [-0.1, -0.05) is 41.2 Å². The van der Waals surface area contributed by atoms with Crippen molar-refractivity contribution in [2.45, 2.75) is 38.6 Å². The summed E-state index contributed by atoms with van der Waals surface area (Å²) in [7, 11) is 0. The van der Waals surface area contributed by atoms with Gasteiger partial charge in [0.15, 0.2) is 5.84 Å². The van der Waals surface area contributed by atoms with E-state index in [4.69, 9.17) is 27.9 Å². The zero-order valence-electron chi connectivity index (χ0n) is 17.0. The van der Waals surface area contributed by atoms with Gasteiger partial charge >= 0.3 is 0 Å². The number of aryl methyl sites for hydroxylation is 1. The van der Waals surface area contributed by atoms with Crippen LogP contribution in [-0.2, 0) is 0 Å². The van der Waals surface area contributed by atoms with Gasteiger partial charge in [-0.3, -0.25) is 4.90 Å². The normalized spacial score (nSPS) is 18.8. The molecule has 2 heterocycles. The second-order valence-electron chi connectivity index (χ2n) is 7.87. The maximum Gasteiger partial charge on any atom is 0.230 e. The predicted molar refractivity (Wildman–Crippen MR) is 119 cm³/mol. The van der Waals surface area contributed by atoms with Crippen LogP contribution in [0, 0.1) is 6.92 Å². The molecule has 0 radical (unpaired) electrons. The number of benzene rings is 1. The van der Waals surface area contributed by atoms with Crippen molar-refractivity contribution in [3.05, 3.63) is 51.6 Å². The summed E-state index contributed by atoms with van der Waals surface area (Å²) in [6.45, 7) is 5.38. The van der Waals surface area contributed by atoms with E-state index in [2.05, 4.69) is 19.9 Å². The van der Waals surface area contributed by atoms with E-state index in [0.29, 0.717) is 39.1 Å². The van der Waals surface area contributed by atoms with Crippen LogP contribution < -0.4 is 4.74 Å². The van der Waals surface area contributed by atoms with Gasteiger partial charge in [-0.25, -0.2) is 4.98 Å². The fourth-order valence-corrected chi connectivity index (χ4v) is 4.61. The highest BCUT2D eigenvalue weighted by Gasteiger charge is 2.29. The average molecular weight is 449 g/mol. The van der Waals surface area contributed by atoms with Gasteiger partial charge in [0.1, 0.15) is 5.75 Å². The molecule has 1 aromatic heterocycles. The largest absolute Gasteiger partial charge is 0.437 e.